The standard InChI is InChI=1S/C16H24BrNO2/c1-18(15-6-3-12(11-19)4-7-15)10-13-9-14(17)5-8-16(13)20-2/h5,8-9,12,15,19H,3-4,6-7,10-11H2,1-2H3. The predicted molar refractivity (Wildman–Crippen MR) is 85.0 cm³/mol. The second-order valence-corrected chi connectivity index (χ2v) is 6.64. The van der Waals surface area contributed by atoms with Gasteiger partial charge in [-0.05, 0) is 56.8 Å². The summed E-state index contributed by atoms with van der Waals surface area (Å²) in [6, 6.07) is 6.76. The first-order valence-electron chi connectivity index (χ1n) is 7.27. The van der Waals surface area contributed by atoms with Gasteiger partial charge in [0.2, 0.25) is 0 Å². The monoisotopic (exact) mass is 341 g/mol. The van der Waals surface area contributed by atoms with Crippen molar-refractivity contribution in [3.63, 3.8) is 0 Å². The number of hydrogen-bond donors (Lipinski definition) is 1. The van der Waals surface area contributed by atoms with Crippen LogP contribution in [0.1, 0.15) is 31.2 Å². The summed E-state index contributed by atoms with van der Waals surface area (Å²) in [7, 11) is 3.91. The molecule has 0 unspecified atom stereocenters. The van der Waals surface area contributed by atoms with Crippen molar-refractivity contribution in [2.75, 3.05) is 20.8 Å². The smallest absolute Gasteiger partial charge is 0.123 e. The molecule has 20 heavy (non-hydrogen) atoms. The maximum atomic E-state index is 9.21. The lowest BCUT2D eigenvalue weighted by Crippen LogP contribution is -2.35. The number of hydrogen-bond acceptors (Lipinski definition) is 3. The molecule has 0 radical (unpaired) electrons. The van der Waals surface area contributed by atoms with Gasteiger partial charge in [-0.1, -0.05) is 15.9 Å². The molecule has 0 amide bonds. The Bertz CT molecular complexity index is 430. The molecular weight excluding hydrogens is 318 g/mol. The van der Waals surface area contributed by atoms with Crippen LogP contribution >= 0.6 is 15.9 Å². The van der Waals surface area contributed by atoms with Crippen molar-refractivity contribution in [3.05, 3.63) is 28.2 Å². The van der Waals surface area contributed by atoms with Gasteiger partial charge < -0.3 is 9.84 Å². The van der Waals surface area contributed by atoms with Crippen molar-refractivity contribution >= 4 is 15.9 Å². The number of methoxy groups -OCH3 is 1. The van der Waals surface area contributed by atoms with Crippen molar-refractivity contribution in [3.8, 4) is 5.75 Å². The molecule has 1 N–H and O–H groups in total. The van der Waals surface area contributed by atoms with Crippen LogP contribution in [0.5, 0.6) is 5.75 Å². The van der Waals surface area contributed by atoms with E-state index in [9.17, 15) is 5.11 Å². The molecule has 1 aromatic rings. The molecule has 3 nitrogen and oxygen atoms in total. The first kappa shape index (κ1) is 15.8. The molecule has 1 saturated carbocycles. The van der Waals surface area contributed by atoms with E-state index in [1.54, 1.807) is 7.11 Å². The number of aliphatic hydroxyl groups excluding tert-OH is 1. The quantitative estimate of drug-likeness (QED) is 0.890. The van der Waals surface area contributed by atoms with E-state index >= 15 is 0 Å². The Morgan fingerprint density at radius 1 is 1.30 bits per heavy atom. The van der Waals surface area contributed by atoms with E-state index in [4.69, 9.17) is 4.74 Å². The molecular formula is C16H24BrNO2. The maximum Gasteiger partial charge on any atom is 0.123 e. The average molecular weight is 342 g/mol. The Balaban J connectivity index is 1.97. The minimum absolute atomic E-state index is 0.343. The van der Waals surface area contributed by atoms with Gasteiger partial charge in [0.25, 0.3) is 0 Å². The fraction of sp³-hybridized carbons (Fsp3) is 0.625. The molecule has 1 aliphatic carbocycles. The molecule has 1 fully saturated rings. The van der Waals surface area contributed by atoms with Gasteiger partial charge in [-0.3, -0.25) is 4.90 Å². The lowest BCUT2D eigenvalue weighted by molar-refractivity contribution is 0.123. The largest absolute Gasteiger partial charge is 0.496 e. The van der Waals surface area contributed by atoms with Gasteiger partial charge in [0.15, 0.2) is 0 Å². The average Bonchev–Trinajstić information content (AvgIpc) is 2.47. The van der Waals surface area contributed by atoms with Crippen LogP contribution in [0.25, 0.3) is 0 Å². The third kappa shape index (κ3) is 3.96. The van der Waals surface area contributed by atoms with Crippen LogP contribution in [0, 0.1) is 5.92 Å². The predicted octanol–water partition coefficient (Wildman–Crippen LogP) is 3.44. The third-order valence-electron chi connectivity index (χ3n) is 4.36. The topological polar surface area (TPSA) is 32.7 Å². The first-order chi connectivity index (χ1) is 9.63. The van der Waals surface area contributed by atoms with E-state index in [1.807, 2.05) is 12.1 Å². The molecule has 0 aromatic heterocycles. The van der Waals surface area contributed by atoms with Gasteiger partial charge in [-0.15, -0.1) is 0 Å². The van der Waals surface area contributed by atoms with Gasteiger partial charge in [-0.2, -0.15) is 0 Å². The normalized spacial score (nSPS) is 23.1. The highest BCUT2D eigenvalue weighted by molar-refractivity contribution is 9.10. The zero-order valence-electron chi connectivity index (χ0n) is 12.3. The Hall–Kier alpha value is -0.580. The second kappa shape index (κ2) is 7.43. The summed E-state index contributed by atoms with van der Waals surface area (Å²) in [5, 5.41) is 9.21. The molecule has 0 atom stereocenters. The van der Waals surface area contributed by atoms with Crippen LogP contribution in [0.3, 0.4) is 0 Å². The summed E-state index contributed by atoms with van der Waals surface area (Å²) in [6.45, 7) is 1.24. The maximum absolute atomic E-state index is 9.21. The minimum Gasteiger partial charge on any atom is -0.496 e. The number of aliphatic hydroxyl groups is 1. The molecule has 4 heteroatoms. The minimum atomic E-state index is 0.343. The highest BCUT2D eigenvalue weighted by atomic mass is 79.9. The fourth-order valence-electron chi connectivity index (χ4n) is 3.04. The molecule has 0 spiro atoms. The zero-order valence-corrected chi connectivity index (χ0v) is 13.9. The summed E-state index contributed by atoms with van der Waals surface area (Å²) >= 11 is 3.53. The van der Waals surface area contributed by atoms with Crippen molar-refractivity contribution in [1.82, 2.24) is 4.90 Å². The van der Waals surface area contributed by atoms with Gasteiger partial charge in [0.1, 0.15) is 5.75 Å². The van der Waals surface area contributed by atoms with Gasteiger partial charge in [0, 0.05) is 29.2 Å². The molecule has 0 aliphatic heterocycles. The van der Waals surface area contributed by atoms with Crippen molar-refractivity contribution < 1.29 is 9.84 Å². The van der Waals surface area contributed by atoms with Crippen molar-refractivity contribution in [2.45, 2.75) is 38.3 Å². The lowest BCUT2D eigenvalue weighted by atomic mass is 9.86. The second-order valence-electron chi connectivity index (χ2n) is 5.73. The number of rotatable bonds is 5. The van der Waals surface area contributed by atoms with E-state index in [2.05, 4.69) is 33.9 Å². The Labute approximate surface area is 130 Å². The van der Waals surface area contributed by atoms with E-state index in [0.29, 0.717) is 18.6 Å². The van der Waals surface area contributed by atoms with Gasteiger partial charge >= 0.3 is 0 Å². The van der Waals surface area contributed by atoms with Gasteiger partial charge in [0.05, 0.1) is 7.11 Å². The van der Waals surface area contributed by atoms with Crippen LogP contribution in [-0.2, 0) is 6.54 Å². The zero-order chi connectivity index (χ0) is 14.5. The first-order valence-corrected chi connectivity index (χ1v) is 8.07. The molecule has 0 bridgehead atoms. The summed E-state index contributed by atoms with van der Waals surface area (Å²) in [5.74, 6) is 1.46. The van der Waals surface area contributed by atoms with Crippen LogP contribution in [-0.4, -0.2) is 36.8 Å². The highest BCUT2D eigenvalue weighted by Crippen LogP contribution is 2.29. The number of halogens is 1. The van der Waals surface area contributed by atoms with Crippen LogP contribution in [0.4, 0.5) is 0 Å². The molecule has 112 valence electrons. The Morgan fingerprint density at radius 3 is 2.60 bits per heavy atom. The Morgan fingerprint density at radius 2 is 2.00 bits per heavy atom. The summed E-state index contributed by atoms with van der Waals surface area (Å²) in [6.07, 6.45) is 4.64. The third-order valence-corrected chi connectivity index (χ3v) is 4.85. The van der Waals surface area contributed by atoms with E-state index in [-0.39, 0.29) is 0 Å². The van der Waals surface area contributed by atoms with Gasteiger partial charge in [-0.25, -0.2) is 0 Å². The molecule has 0 saturated heterocycles. The van der Waals surface area contributed by atoms with E-state index < -0.39 is 0 Å². The SMILES string of the molecule is COc1ccc(Br)cc1CN(C)C1CCC(CO)CC1. The van der Waals surface area contributed by atoms with E-state index in [0.717, 1.165) is 29.6 Å². The van der Waals surface area contributed by atoms with E-state index in [1.165, 1.54) is 18.4 Å². The van der Waals surface area contributed by atoms with Crippen LogP contribution in [0.15, 0.2) is 22.7 Å². The molecule has 1 aromatic carbocycles. The fourth-order valence-corrected chi connectivity index (χ4v) is 3.45. The molecule has 0 heterocycles. The van der Waals surface area contributed by atoms with Crippen molar-refractivity contribution in [1.29, 1.82) is 0 Å². The Kier molecular flexibility index (Phi) is 5.87. The number of benzene rings is 1. The summed E-state index contributed by atoms with van der Waals surface area (Å²) < 4.78 is 6.53. The van der Waals surface area contributed by atoms with Crippen LogP contribution in [0.2, 0.25) is 0 Å². The van der Waals surface area contributed by atoms with Crippen molar-refractivity contribution in [2.24, 2.45) is 5.92 Å². The molecule has 2 rings (SSSR count). The lowest BCUT2D eigenvalue weighted by Gasteiger charge is -2.34. The number of ether oxygens (including phenoxy) is 1. The van der Waals surface area contributed by atoms with Crippen LogP contribution < -0.4 is 4.74 Å². The molecule has 1 aliphatic rings. The summed E-state index contributed by atoms with van der Waals surface area (Å²) in [5.41, 5.74) is 1.22. The summed E-state index contributed by atoms with van der Waals surface area (Å²) in [4.78, 5) is 2.41. The number of nitrogens with zero attached hydrogens (tertiary/aromatic N) is 1. The highest BCUT2D eigenvalue weighted by Gasteiger charge is 2.24.